The molecular weight excluding hydrogens is 320 g/mol. The minimum absolute atomic E-state index is 0.126. The molecule has 0 aromatic heterocycles. The van der Waals surface area contributed by atoms with Crippen LogP contribution in [0.3, 0.4) is 0 Å². The van der Waals surface area contributed by atoms with E-state index in [2.05, 4.69) is 21.4 Å². The summed E-state index contributed by atoms with van der Waals surface area (Å²) in [4.78, 5) is 0. The Bertz CT molecular complexity index is 422. The molecule has 1 aromatic carbocycles. The fourth-order valence-electron chi connectivity index (χ4n) is 2.67. The predicted molar refractivity (Wildman–Crippen MR) is 83.6 cm³/mol. The van der Waals surface area contributed by atoms with E-state index in [4.69, 9.17) is 15.3 Å². The first kappa shape index (κ1) is 15.8. The largest absolute Gasteiger partial charge is 0.497 e. The fraction of sp³-hybridized carbons (Fsp3) is 0.600. The maximum Gasteiger partial charge on any atom is 0.119 e. The van der Waals surface area contributed by atoms with Crippen LogP contribution in [-0.2, 0) is 4.74 Å². The van der Waals surface area contributed by atoms with Crippen molar-refractivity contribution in [3.05, 3.63) is 28.2 Å². The van der Waals surface area contributed by atoms with Crippen LogP contribution in [0, 0.1) is 0 Å². The Balaban J connectivity index is 1.92. The van der Waals surface area contributed by atoms with Gasteiger partial charge in [0.1, 0.15) is 5.75 Å². The highest BCUT2D eigenvalue weighted by atomic mass is 79.9. The van der Waals surface area contributed by atoms with Crippen molar-refractivity contribution < 1.29 is 9.47 Å². The van der Waals surface area contributed by atoms with Crippen molar-refractivity contribution in [2.24, 2.45) is 5.84 Å². The summed E-state index contributed by atoms with van der Waals surface area (Å²) in [6, 6.07) is 6.09. The van der Waals surface area contributed by atoms with Crippen molar-refractivity contribution in [2.45, 2.75) is 44.2 Å². The molecule has 1 aliphatic rings. The van der Waals surface area contributed by atoms with E-state index in [0.717, 1.165) is 41.7 Å². The van der Waals surface area contributed by atoms with Gasteiger partial charge in [-0.15, -0.1) is 0 Å². The predicted octanol–water partition coefficient (Wildman–Crippen LogP) is 3.31. The molecule has 112 valence electrons. The van der Waals surface area contributed by atoms with Gasteiger partial charge in [-0.3, -0.25) is 11.3 Å². The molecule has 3 N–H and O–H groups in total. The van der Waals surface area contributed by atoms with E-state index in [9.17, 15) is 0 Å². The van der Waals surface area contributed by atoms with E-state index in [-0.39, 0.29) is 6.04 Å². The average Bonchev–Trinajstić information content (AvgIpc) is 2.98. The van der Waals surface area contributed by atoms with E-state index in [1.807, 2.05) is 18.2 Å². The lowest BCUT2D eigenvalue weighted by atomic mass is 9.99. The summed E-state index contributed by atoms with van der Waals surface area (Å²) in [6.45, 7) is 0.921. The molecule has 1 fully saturated rings. The second kappa shape index (κ2) is 7.98. The number of hydrazine groups is 1. The molecule has 0 bridgehead atoms. The fourth-order valence-corrected chi connectivity index (χ4v) is 3.19. The number of benzene rings is 1. The van der Waals surface area contributed by atoms with E-state index >= 15 is 0 Å². The van der Waals surface area contributed by atoms with Crippen LogP contribution in [-0.4, -0.2) is 19.8 Å². The zero-order valence-corrected chi connectivity index (χ0v) is 13.5. The Morgan fingerprint density at radius 1 is 1.55 bits per heavy atom. The van der Waals surface area contributed by atoms with Crippen molar-refractivity contribution in [2.75, 3.05) is 13.7 Å². The minimum atomic E-state index is 0.126. The Hall–Kier alpha value is -0.620. The molecule has 2 atom stereocenters. The third kappa shape index (κ3) is 4.19. The third-order valence-electron chi connectivity index (χ3n) is 3.82. The van der Waals surface area contributed by atoms with Gasteiger partial charge in [0.25, 0.3) is 0 Å². The summed E-state index contributed by atoms with van der Waals surface area (Å²) in [5.74, 6) is 6.57. The lowest BCUT2D eigenvalue weighted by molar-refractivity contribution is 0.101. The Morgan fingerprint density at radius 2 is 2.40 bits per heavy atom. The number of nitrogens with two attached hydrogens (primary N) is 1. The molecule has 1 heterocycles. The number of nitrogens with one attached hydrogen (secondary N) is 1. The van der Waals surface area contributed by atoms with Crippen LogP contribution < -0.4 is 16.0 Å². The molecule has 4 nitrogen and oxygen atoms in total. The molecule has 0 radical (unpaired) electrons. The lowest BCUT2D eigenvalue weighted by Gasteiger charge is -2.19. The summed E-state index contributed by atoms with van der Waals surface area (Å²) in [7, 11) is 1.68. The van der Waals surface area contributed by atoms with Crippen LogP contribution >= 0.6 is 15.9 Å². The molecule has 1 aromatic rings. The molecule has 1 aliphatic heterocycles. The number of halogens is 1. The molecule has 0 amide bonds. The SMILES string of the molecule is COc1ccc(Br)c(C(CCCC2CCCO2)NN)c1. The molecule has 0 spiro atoms. The first-order valence-electron chi connectivity index (χ1n) is 7.15. The summed E-state index contributed by atoms with van der Waals surface area (Å²) < 4.78 is 12.0. The molecule has 5 heteroatoms. The molecule has 2 unspecified atom stereocenters. The van der Waals surface area contributed by atoms with Crippen molar-refractivity contribution in [3.8, 4) is 5.75 Å². The maximum atomic E-state index is 5.72. The highest BCUT2D eigenvalue weighted by molar-refractivity contribution is 9.10. The van der Waals surface area contributed by atoms with Crippen molar-refractivity contribution in [1.29, 1.82) is 0 Å². The molecule has 20 heavy (non-hydrogen) atoms. The standard InChI is InChI=1S/C15H23BrN2O2/c1-19-12-7-8-14(16)13(10-12)15(18-17)6-2-4-11-5-3-9-20-11/h7-8,10-11,15,18H,2-6,9,17H2,1H3. The third-order valence-corrected chi connectivity index (χ3v) is 4.54. The van der Waals surface area contributed by atoms with Crippen molar-refractivity contribution >= 4 is 15.9 Å². The normalized spacial score (nSPS) is 20.1. The van der Waals surface area contributed by atoms with Crippen LogP contribution in [0.25, 0.3) is 0 Å². The molecular formula is C15H23BrN2O2. The molecule has 1 saturated heterocycles. The molecule has 0 saturated carbocycles. The van der Waals surface area contributed by atoms with Crippen molar-refractivity contribution in [1.82, 2.24) is 5.43 Å². The maximum absolute atomic E-state index is 5.72. The van der Waals surface area contributed by atoms with Crippen molar-refractivity contribution in [3.63, 3.8) is 0 Å². The molecule has 2 rings (SSSR count). The highest BCUT2D eigenvalue weighted by Gasteiger charge is 2.18. The zero-order valence-electron chi connectivity index (χ0n) is 11.9. The van der Waals surface area contributed by atoms with E-state index < -0.39 is 0 Å². The number of hydrogen-bond acceptors (Lipinski definition) is 4. The van der Waals surface area contributed by atoms with Crippen LogP contribution in [0.5, 0.6) is 5.75 Å². The zero-order chi connectivity index (χ0) is 14.4. The highest BCUT2D eigenvalue weighted by Crippen LogP contribution is 2.30. The van der Waals surface area contributed by atoms with E-state index in [0.29, 0.717) is 6.10 Å². The van der Waals surface area contributed by atoms with Gasteiger partial charge in [-0.2, -0.15) is 0 Å². The van der Waals surface area contributed by atoms with Gasteiger partial charge in [0.05, 0.1) is 13.2 Å². The van der Waals surface area contributed by atoms with Gasteiger partial charge in [-0.1, -0.05) is 15.9 Å². The summed E-state index contributed by atoms with van der Waals surface area (Å²) in [5.41, 5.74) is 4.05. The molecule has 0 aliphatic carbocycles. The second-order valence-corrected chi connectivity index (χ2v) is 6.03. The smallest absolute Gasteiger partial charge is 0.119 e. The van der Waals surface area contributed by atoms with Gasteiger partial charge in [0.2, 0.25) is 0 Å². The number of ether oxygens (including phenoxy) is 2. The van der Waals surface area contributed by atoms with Gasteiger partial charge >= 0.3 is 0 Å². The van der Waals surface area contributed by atoms with Gasteiger partial charge in [0, 0.05) is 17.1 Å². The second-order valence-electron chi connectivity index (χ2n) is 5.17. The average molecular weight is 343 g/mol. The van der Waals surface area contributed by atoms with E-state index in [1.165, 1.54) is 12.8 Å². The van der Waals surface area contributed by atoms with Crippen LogP contribution in [0.2, 0.25) is 0 Å². The van der Waals surface area contributed by atoms with Gasteiger partial charge in [0.15, 0.2) is 0 Å². The van der Waals surface area contributed by atoms with Crippen LogP contribution in [0.1, 0.15) is 43.7 Å². The first-order valence-corrected chi connectivity index (χ1v) is 7.95. The minimum Gasteiger partial charge on any atom is -0.497 e. The lowest BCUT2D eigenvalue weighted by Crippen LogP contribution is -2.28. The quantitative estimate of drug-likeness (QED) is 0.589. The Kier molecular flexibility index (Phi) is 6.29. The topological polar surface area (TPSA) is 56.5 Å². The van der Waals surface area contributed by atoms with Crippen LogP contribution in [0.15, 0.2) is 22.7 Å². The van der Waals surface area contributed by atoms with Gasteiger partial charge in [-0.05, 0) is 55.9 Å². The summed E-state index contributed by atoms with van der Waals surface area (Å²) in [5, 5.41) is 0. The summed E-state index contributed by atoms with van der Waals surface area (Å²) in [6.07, 6.45) is 6.04. The number of rotatable bonds is 7. The number of methoxy groups -OCH3 is 1. The summed E-state index contributed by atoms with van der Waals surface area (Å²) >= 11 is 3.58. The Labute approximate surface area is 129 Å². The Morgan fingerprint density at radius 3 is 3.05 bits per heavy atom. The van der Waals surface area contributed by atoms with Gasteiger partial charge < -0.3 is 9.47 Å². The van der Waals surface area contributed by atoms with E-state index in [1.54, 1.807) is 7.11 Å². The first-order chi connectivity index (χ1) is 9.74. The number of hydrogen-bond donors (Lipinski definition) is 2. The monoisotopic (exact) mass is 342 g/mol. The van der Waals surface area contributed by atoms with Crippen LogP contribution in [0.4, 0.5) is 0 Å². The van der Waals surface area contributed by atoms with Gasteiger partial charge in [-0.25, -0.2) is 0 Å².